The van der Waals surface area contributed by atoms with E-state index in [1.807, 2.05) is 20.8 Å². The van der Waals surface area contributed by atoms with Crippen molar-refractivity contribution in [2.75, 3.05) is 11.4 Å². The van der Waals surface area contributed by atoms with Crippen LogP contribution in [0.4, 0.5) is 13.8 Å². The van der Waals surface area contributed by atoms with Crippen molar-refractivity contribution in [1.82, 2.24) is 10.6 Å². The lowest BCUT2D eigenvalue weighted by atomic mass is 10.1. The number of halogens is 3. The Morgan fingerprint density at radius 3 is 2.26 bits per heavy atom. The molecule has 2 N–H and O–H groups in total. The molecule has 0 saturated carbocycles. The highest BCUT2D eigenvalue weighted by Crippen LogP contribution is 2.30. The van der Waals surface area contributed by atoms with Crippen molar-refractivity contribution in [3.05, 3.63) is 51.3 Å². The first-order chi connectivity index (χ1) is 14.4. The zero-order chi connectivity index (χ0) is 23.3. The van der Waals surface area contributed by atoms with E-state index >= 15 is 0 Å². The highest BCUT2D eigenvalue weighted by molar-refractivity contribution is 9.11. The molecule has 0 bridgehead atoms. The van der Waals surface area contributed by atoms with Crippen LogP contribution >= 0.6 is 27.3 Å². The summed E-state index contributed by atoms with van der Waals surface area (Å²) in [6.07, 6.45) is -0.309. The molecule has 168 valence electrons. The second kappa shape index (κ2) is 10.4. The molecule has 0 aliphatic carbocycles. The van der Waals surface area contributed by atoms with Gasteiger partial charge in [-0.15, -0.1) is 11.3 Å². The van der Waals surface area contributed by atoms with E-state index in [0.29, 0.717) is 11.1 Å². The fraction of sp³-hybridized carbons (Fsp3) is 0.381. The maximum atomic E-state index is 13.3. The minimum absolute atomic E-state index is 0.0754. The topological polar surface area (TPSA) is 78.5 Å². The van der Waals surface area contributed by atoms with Gasteiger partial charge in [0.15, 0.2) is 0 Å². The van der Waals surface area contributed by atoms with E-state index < -0.39 is 35.4 Å². The fourth-order valence-electron chi connectivity index (χ4n) is 2.65. The number of carbonyl (C=O) groups is 3. The molecule has 0 aliphatic heterocycles. The summed E-state index contributed by atoms with van der Waals surface area (Å²) >= 11 is 4.52. The molecule has 1 atom stereocenters. The maximum absolute atomic E-state index is 13.3. The Morgan fingerprint density at radius 1 is 1.13 bits per heavy atom. The molecule has 31 heavy (non-hydrogen) atoms. The van der Waals surface area contributed by atoms with Crippen molar-refractivity contribution in [2.24, 2.45) is 0 Å². The predicted molar refractivity (Wildman–Crippen MR) is 120 cm³/mol. The third kappa shape index (κ3) is 7.79. The number of amides is 3. The first-order valence-electron chi connectivity index (χ1n) is 9.47. The SMILES string of the molecule is C[C@H](NC(=O)Cc1cc(F)cc(F)c1)C(=O)N(C(=O)CNC(C)(C)C)c1ccc(Br)s1. The Hall–Kier alpha value is -2.17. The normalized spacial score (nSPS) is 12.4. The van der Waals surface area contributed by atoms with Gasteiger partial charge in [-0.1, -0.05) is 0 Å². The summed E-state index contributed by atoms with van der Waals surface area (Å²) < 4.78 is 27.4. The third-order valence-electron chi connectivity index (χ3n) is 4.05. The van der Waals surface area contributed by atoms with Crippen LogP contribution in [0.5, 0.6) is 0 Å². The Morgan fingerprint density at radius 2 is 1.74 bits per heavy atom. The number of carbonyl (C=O) groups excluding carboxylic acids is 3. The van der Waals surface area contributed by atoms with E-state index in [2.05, 4.69) is 26.6 Å². The number of hydrogen-bond acceptors (Lipinski definition) is 5. The lowest BCUT2D eigenvalue weighted by molar-refractivity contribution is -0.130. The van der Waals surface area contributed by atoms with Gasteiger partial charge in [0, 0.05) is 11.6 Å². The molecular formula is C21H24BrF2N3O3S. The van der Waals surface area contributed by atoms with Crippen molar-refractivity contribution in [3.63, 3.8) is 0 Å². The molecule has 3 amide bonds. The van der Waals surface area contributed by atoms with Crippen LogP contribution in [0.3, 0.4) is 0 Å². The zero-order valence-corrected chi connectivity index (χ0v) is 20.0. The smallest absolute Gasteiger partial charge is 0.256 e. The number of anilines is 1. The molecule has 6 nitrogen and oxygen atoms in total. The molecule has 2 rings (SSSR count). The summed E-state index contributed by atoms with van der Waals surface area (Å²) in [5.41, 5.74) is -0.195. The number of benzene rings is 1. The van der Waals surface area contributed by atoms with Gasteiger partial charge < -0.3 is 10.6 Å². The summed E-state index contributed by atoms with van der Waals surface area (Å²) in [7, 11) is 0. The second-order valence-corrected chi connectivity index (χ2v) is 10.4. The van der Waals surface area contributed by atoms with Crippen LogP contribution in [0, 0.1) is 11.6 Å². The molecule has 2 aromatic rings. The highest BCUT2D eigenvalue weighted by atomic mass is 79.9. The van der Waals surface area contributed by atoms with E-state index in [4.69, 9.17) is 0 Å². The van der Waals surface area contributed by atoms with E-state index in [1.165, 1.54) is 18.3 Å². The molecule has 10 heteroatoms. The first kappa shape index (κ1) is 25.1. The number of nitrogens with zero attached hydrogens (tertiary/aromatic N) is 1. The van der Waals surface area contributed by atoms with Gasteiger partial charge in [-0.05, 0) is 73.5 Å². The third-order valence-corrected chi connectivity index (χ3v) is 5.66. The van der Waals surface area contributed by atoms with E-state index in [-0.39, 0.29) is 24.1 Å². The zero-order valence-electron chi connectivity index (χ0n) is 17.6. The van der Waals surface area contributed by atoms with Gasteiger partial charge in [0.1, 0.15) is 22.7 Å². The summed E-state index contributed by atoms with van der Waals surface area (Å²) in [4.78, 5) is 39.2. The van der Waals surface area contributed by atoms with Gasteiger partial charge in [-0.2, -0.15) is 0 Å². The highest BCUT2D eigenvalue weighted by Gasteiger charge is 2.30. The summed E-state index contributed by atoms with van der Waals surface area (Å²) in [5.74, 6) is -3.27. The number of thiophene rings is 1. The molecule has 1 aromatic heterocycles. The largest absolute Gasteiger partial charge is 0.344 e. The van der Waals surface area contributed by atoms with E-state index in [0.717, 1.165) is 20.8 Å². The van der Waals surface area contributed by atoms with Gasteiger partial charge in [-0.3, -0.25) is 14.4 Å². The van der Waals surface area contributed by atoms with Crippen LogP contribution < -0.4 is 15.5 Å². The Bertz CT molecular complexity index is 955. The van der Waals surface area contributed by atoms with Crippen molar-refractivity contribution < 1.29 is 23.2 Å². The minimum atomic E-state index is -1.04. The van der Waals surface area contributed by atoms with Crippen LogP contribution in [0.2, 0.25) is 0 Å². The van der Waals surface area contributed by atoms with Crippen LogP contribution in [0.25, 0.3) is 0 Å². The van der Waals surface area contributed by atoms with Gasteiger partial charge in [0.05, 0.1) is 16.8 Å². The summed E-state index contributed by atoms with van der Waals surface area (Å²) in [5, 5.41) is 5.95. The maximum Gasteiger partial charge on any atom is 0.256 e. The molecule has 0 spiro atoms. The Kier molecular flexibility index (Phi) is 8.44. The molecule has 0 fully saturated rings. The van der Waals surface area contributed by atoms with E-state index in [1.54, 1.807) is 12.1 Å². The van der Waals surface area contributed by atoms with Crippen LogP contribution in [0.1, 0.15) is 33.3 Å². The quantitative estimate of drug-likeness (QED) is 0.588. The lowest BCUT2D eigenvalue weighted by Gasteiger charge is -2.26. The molecule has 0 aliphatic rings. The standard InChI is InChI=1S/C21H24BrF2N3O3S/c1-12(26-17(28)9-13-7-14(23)10-15(24)8-13)20(30)27(19-6-5-16(22)31-19)18(29)11-25-21(2,3)4/h5-8,10,12,25H,9,11H2,1-4H3,(H,26,28)/t12-/m0/s1. The average Bonchev–Trinajstić information content (AvgIpc) is 3.04. The fourth-order valence-corrected chi connectivity index (χ4v) is 4.03. The van der Waals surface area contributed by atoms with Crippen LogP contribution in [0.15, 0.2) is 34.1 Å². The van der Waals surface area contributed by atoms with Gasteiger partial charge in [0.2, 0.25) is 11.8 Å². The van der Waals surface area contributed by atoms with Crippen molar-refractivity contribution in [3.8, 4) is 0 Å². The molecule has 0 unspecified atom stereocenters. The number of nitrogens with one attached hydrogen (secondary N) is 2. The van der Waals surface area contributed by atoms with E-state index in [9.17, 15) is 23.2 Å². The number of rotatable bonds is 7. The molecule has 0 radical (unpaired) electrons. The minimum Gasteiger partial charge on any atom is -0.344 e. The summed E-state index contributed by atoms with van der Waals surface area (Å²) in [6, 6.07) is 5.11. The summed E-state index contributed by atoms with van der Waals surface area (Å²) in [6.45, 7) is 7.06. The van der Waals surface area contributed by atoms with Gasteiger partial charge >= 0.3 is 0 Å². The average molecular weight is 516 g/mol. The van der Waals surface area contributed by atoms with Crippen LogP contribution in [-0.2, 0) is 20.8 Å². The number of imide groups is 1. The van der Waals surface area contributed by atoms with Gasteiger partial charge in [0.25, 0.3) is 5.91 Å². The molecule has 1 heterocycles. The first-order valence-corrected chi connectivity index (χ1v) is 11.1. The van der Waals surface area contributed by atoms with Crippen molar-refractivity contribution in [1.29, 1.82) is 0 Å². The second-order valence-electron chi connectivity index (χ2n) is 7.99. The van der Waals surface area contributed by atoms with Crippen molar-refractivity contribution in [2.45, 2.75) is 45.7 Å². The van der Waals surface area contributed by atoms with Gasteiger partial charge in [-0.25, -0.2) is 13.7 Å². The monoisotopic (exact) mass is 515 g/mol. The lowest BCUT2D eigenvalue weighted by Crippen LogP contribution is -2.53. The Balaban J connectivity index is 2.13. The van der Waals surface area contributed by atoms with Crippen LogP contribution in [-0.4, -0.2) is 35.8 Å². The van der Waals surface area contributed by atoms with Crippen molar-refractivity contribution >= 4 is 50.0 Å². The Labute approximate surface area is 192 Å². The number of hydrogen-bond donors (Lipinski definition) is 2. The molecule has 0 saturated heterocycles. The molecule has 1 aromatic carbocycles. The molecular weight excluding hydrogens is 492 g/mol. The predicted octanol–water partition coefficient (Wildman–Crippen LogP) is 3.78.